The Morgan fingerprint density at radius 1 is 0.926 bits per heavy atom. The lowest BCUT2D eigenvalue weighted by molar-refractivity contribution is 0.504. The van der Waals surface area contributed by atoms with Gasteiger partial charge in [0.05, 0.1) is 4.90 Å². The van der Waals surface area contributed by atoms with Gasteiger partial charge in [-0.05, 0) is 42.3 Å². The third-order valence-electron chi connectivity index (χ3n) is 3.85. The van der Waals surface area contributed by atoms with Crippen LogP contribution in [0.4, 0.5) is 0 Å². The smallest absolute Gasteiger partial charge is 0.253 e. The number of rotatable bonds is 9. The van der Waals surface area contributed by atoms with E-state index in [1.807, 2.05) is 42.5 Å². The van der Waals surface area contributed by atoms with Crippen molar-refractivity contribution in [2.75, 3.05) is 5.75 Å². The Morgan fingerprint density at radius 3 is 2.30 bits per heavy atom. The first-order chi connectivity index (χ1) is 13.1. The number of hydrogen-bond donors (Lipinski definition) is 2. The summed E-state index contributed by atoms with van der Waals surface area (Å²) in [5.41, 5.74) is 4.03. The summed E-state index contributed by atoms with van der Waals surface area (Å²) in [4.78, 5) is 8.03. The van der Waals surface area contributed by atoms with Crippen LogP contribution in [0, 0.1) is 0 Å². The summed E-state index contributed by atoms with van der Waals surface area (Å²) in [7, 11) is -3.62. The van der Waals surface area contributed by atoms with E-state index in [0.717, 1.165) is 10.5 Å². The number of aromatic nitrogens is 1. The first-order valence-electron chi connectivity index (χ1n) is 8.52. The highest BCUT2D eigenvalue weighted by Gasteiger charge is 2.17. The minimum absolute atomic E-state index is 0.0992. The zero-order chi connectivity index (χ0) is 19.0. The third-order valence-corrected chi connectivity index (χ3v) is 6.30. The Kier molecular flexibility index (Phi) is 7.00. The van der Waals surface area contributed by atoms with Gasteiger partial charge in [-0.1, -0.05) is 42.5 Å². The molecule has 1 atom stereocenters. The van der Waals surface area contributed by atoms with Crippen molar-refractivity contribution >= 4 is 21.8 Å². The molecule has 2 N–H and O–H groups in total. The highest BCUT2D eigenvalue weighted by atomic mass is 32.2. The van der Waals surface area contributed by atoms with Crippen molar-refractivity contribution in [1.82, 2.24) is 15.2 Å². The van der Waals surface area contributed by atoms with Crippen LogP contribution >= 0.6 is 11.8 Å². The zero-order valence-corrected chi connectivity index (χ0v) is 16.3. The van der Waals surface area contributed by atoms with Gasteiger partial charge in [-0.25, -0.2) is 13.8 Å². The number of nitrogens with one attached hydrogen (secondary N) is 2. The molecule has 0 aliphatic heterocycles. The number of nitrogens with zero attached hydrogens (tertiary/aromatic N) is 1. The maximum absolute atomic E-state index is 12.5. The van der Waals surface area contributed by atoms with Crippen molar-refractivity contribution in [3.05, 3.63) is 90.8 Å². The second kappa shape index (κ2) is 9.66. The molecule has 1 heterocycles. The lowest BCUT2D eigenvalue weighted by Crippen LogP contribution is -2.46. The fourth-order valence-electron chi connectivity index (χ4n) is 2.49. The van der Waals surface area contributed by atoms with Crippen LogP contribution in [0.3, 0.4) is 0 Å². The summed E-state index contributed by atoms with van der Waals surface area (Å²) in [6.07, 6.45) is 4.18. The van der Waals surface area contributed by atoms with E-state index < -0.39 is 10.0 Å². The molecule has 0 bridgehead atoms. The highest BCUT2D eigenvalue weighted by molar-refractivity contribution is 7.99. The molecule has 5 nitrogen and oxygen atoms in total. The maximum Gasteiger partial charge on any atom is 0.253 e. The second-order valence-corrected chi connectivity index (χ2v) is 8.73. The number of sulfonamides is 1. The minimum Gasteiger partial charge on any atom is -0.264 e. The SMILES string of the molecule is O=S(=O)(NNC(CSc1ccccc1)Cc1cccnc1)c1ccccc1. The molecule has 27 heavy (non-hydrogen) atoms. The van der Waals surface area contributed by atoms with E-state index in [-0.39, 0.29) is 10.9 Å². The van der Waals surface area contributed by atoms with Crippen molar-refractivity contribution in [2.45, 2.75) is 22.3 Å². The Morgan fingerprint density at radius 2 is 1.63 bits per heavy atom. The molecule has 0 aliphatic rings. The monoisotopic (exact) mass is 399 g/mol. The van der Waals surface area contributed by atoms with Gasteiger partial charge in [-0.15, -0.1) is 16.6 Å². The van der Waals surface area contributed by atoms with Crippen LogP contribution in [-0.4, -0.2) is 25.2 Å². The van der Waals surface area contributed by atoms with E-state index in [9.17, 15) is 8.42 Å². The molecule has 2 aromatic carbocycles. The summed E-state index contributed by atoms with van der Waals surface area (Å²) >= 11 is 1.68. The van der Waals surface area contributed by atoms with Crippen LogP contribution < -0.4 is 10.3 Å². The summed E-state index contributed by atoms with van der Waals surface area (Å²) < 4.78 is 24.9. The van der Waals surface area contributed by atoms with E-state index in [0.29, 0.717) is 12.2 Å². The zero-order valence-electron chi connectivity index (χ0n) is 14.7. The molecule has 0 fully saturated rings. The Bertz CT molecular complexity index is 921. The topological polar surface area (TPSA) is 71.1 Å². The van der Waals surface area contributed by atoms with Gasteiger partial charge >= 0.3 is 0 Å². The lowest BCUT2D eigenvalue weighted by Gasteiger charge is -2.19. The van der Waals surface area contributed by atoms with Crippen molar-refractivity contribution in [3.8, 4) is 0 Å². The molecule has 1 unspecified atom stereocenters. The molecule has 0 radical (unpaired) electrons. The molecule has 0 saturated heterocycles. The van der Waals surface area contributed by atoms with E-state index in [1.54, 1.807) is 54.5 Å². The quantitative estimate of drug-likeness (QED) is 0.427. The van der Waals surface area contributed by atoms with Crippen LogP contribution in [0.5, 0.6) is 0 Å². The largest absolute Gasteiger partial charge is 0.264 e. The molecule has 0 aliphatic carbocycles. The molecule has 1 aromatic heterocycles. The van der Waals surface area contributed by atoms with E-state index in [1.165, 1.54) is 0 Å². The van der Waals surface area contributed by atoms with Gasteiger partial charge in [-0.2, -0.15) is 0 Å². The highest BCUT2D eigenvalue weighted by Crippen LogP contribution is 2.19. The summed E-state index contributed by atoms with van der Waals surface area (Å²) in [6.45, 7) is 0. The van der Waals surface area contributed by atoms with Crippen LogP contribution in [-0.2, 0) is 16.4 Å². The van der Waals surface area contributed by atoms with Crippen molar-refractivity contribution in [3.63, 3.8) is 0 Å². The van der Waals surface area contributed by atoms with Crippen molar-refractivity contribution in [2.24, 2.45) is 0 Å². The van der Waals surface area contributed by atoms with E-state index >= 15 is 0 Å². The minimum atomic E-state index is -3.62. The molecule has 7 heteroatoms. The number of pyridine rings is 1. The van der Waals surface area contributed by atoms with Crippen molar-refractivity contribution < 1.29 is 8.42 Å². The molecular formula is C20H21N3O2S2. The molecule has 0 amide bonds. The van der Waals surface area contributed by atoms with Gasteiger partial charge in [0.15, 0.2) is 0 Å². The average molecular weight is 400 g/mol. The normalized spacial score (nSPS) is 12.6. The number of thioether (sulfide) groups is 1. The van der Waals surface area contributed by atoms with Crippen LogP contribution in [0.1, 0.15) is 5.56 Å². The Hall–Kier alpha value is -2.19. The van der Waals surface area contributed by atoms with Crippen molar-refractivity contribution in [1.29, 1.82) is 0 Å². The molecule has 0 spiro atoms. The number of benzene rings is 2. The van der Waals surface area contributed by atoms with Crippen LogP contribution in [0.2, 0.25) is 0 Å². The third kappa shape index (κ3) is 6.18. The fourth-order valence-corrected chi connectivity index (χ4v) is 4.39. The standard InChI is InChI=1S/C20H21N3O2S2/c24-27(25,20-11-5-2-6-12-20)23-22-18(14-17-8-7-13-21-15-17)16-26-19-9-3-1-4-10-19/h1-13,15,18,22-23H,14,16H2. The summed E-state index contributed by atoms with van der Waals surface area (Å²) in [5, 5.41) is 0. The number of hydrazine groups is 1. The maximum atomic E-state index is 12.5. The van der Waals surface area contributed by atoms with Gasteiger partial charge < -0.3 is 0 Å². The Balaban J connectivity index is 1.67. The second-order valence-electron chi connectivity index (χ2n) is 5.95. The molecular weight excluding hydrogens is 378 g/mol. The van der Waals surface area contributed by atoms with E-state index in [2.05, 4.69) is 15.2 Å². The van der Waals surface area contributed by atoms with Crippen LogP contribution in [0.25, 0.3) is 0 Å². The average Bonchev–Trinajstić information content (AvgIpc) is 2.72. The summed E-state index contributed by atoms with van der Waals surface area (Å²) in [5.74, 6) is 0.705. The first-order valence-corrected chi connectivity index (χ1v) is 11.0. The number of hydrogen-bond acceptors (Lipinski definition) is 5. The predicted molar refractivity (Wildman–Crippen MR) is 109 cm³/mol. The molecule has 0 saturated carbocycles. The first kappa shape index (κ1) is 19.6. The Labute approximate surface area is 164 Å². The fraction of sp³-hybridized carbons (Fsp3) is 0.150. The van der Waals surface area contributed by atoms with Gasteiger partial charge in [0.2, 0.25) is 0 Å². The molecule has 140 valence electrons. The van der Waals surface area contributed by atoms with Crippen LogP contribution in [0.15, 0.2) is 95.0 Å². The van der Waals surface area contributed by atoms with E-state index in [4.69, 9.17) is 0 Å². The predicted octanol–water partition coefficient (Wildman–Crippen LogP) is 3.27. The molecule has 3 aromatic rings. The summed E-state index contributed by atoms with van der Waals surface area (Å²) in [6, 6.07) is 22.1. The van der Waals surface area contributed by atoms with Gasteiger partial charge in [0.25, 0.3) is 10.0 Å². The molecule has 3 rings (SSSR count). The van der Waals surface area contributed by atoms with Gasteiger partial charge in [-0.3, -0.25) is 4.98 Å². The van der Waals surface area contributed by atoms with Gasteiger partial charge in [0, 0.05) is 29.1 Å². The van der Waals surface area contributed by atoms with Gasteiger partial charge in [0.1, 0.15) is 0 Å². The lowest BCUT2D eigenvalue weighted by atomic mass is 10.1.